The molecule has 110 valence electrons. The summed E-state index contributed by atoms with van der Waals surface area (Å²) in [5, 5.41) is 6.25. The summed E-state index contributed by atoms with van der Waals surface area (Å²) in [6.07, 6.45) is 0. The van der Waals surface area contributed by atoms with Gasteiger partial charge in [0, 0.05) is 22.7 Å². The lowest BCUT2D eigenvalue weighted by molar-refractivity contribution is 0.0951. The molecule has 1 amide bonds. The van der Waals surface area contributed by atoms with Crippen molar-refractivity contribution >= 4 is 27.5 Å². The van der Waals surface area contributed by atoms with Gasteiger partial charge in [0.15, 0.2) is 0 Å². The van der Waals surface area contributed by atoms with Crippen molar-refractivity contribution in [1.82, 2.24) is 5.32 Å². The zero-order valence-electron chi connectivity index (χ0n) is 12.2. The first kappa shape index (κ1) is 15.6. The van der Waals surface area contributed by atoms with E-state index in [0.717, 1.165) is 15.7 Å². The van der Waals surface area contributed by atoms with E-state index in [2.05, 4.69) is 40.4 Å². The first-order valence-electron chi connectivity index (χ1n) is 6.95. The smallest absolute Gasteiger partial charge is 0.253 e. The molecule has 4 heteroatoms. The molecule has 0 unspecified atom stereocenters. The van der Waals surface area contributed by atoms with Crippen molar-refractivity contribution in [3.8, 4) is 0 Å². The monoisotopic (exact) mass is 346 g/mol. The Bertz CT molecular complexity index is 626. The summed E-state index contributed by atoms with van der Waals surface area (Å²) < 4.78 is 0.999. The average molecular weight is 347 g/mol. The molecule has 0 spiro atoms. The summed E-state index contributed by atoms with van der Waals surface area (Å²) in [6.45, 7) is 4.60. The highest BCUT2D eigenvalue weighted by molar-refractivity contribution is 9.10. The predicted molar refractivity (Wildman–Crippen MR) is 90.5 cm³/mol. The minimum Gasteiger partial charge on any atom is -0.382 e. The quantitative estimate of drug-likeness (QED) is 0.851. The Kier molecular flexibility index (Phi) is 5.39. The molecule has 0 saturated carbocycles. The van der Waals surface area contributed by atoms with Crippen molar-refractivity contribution in [3.63, 3.8) is 0 Å². The van der Waals surface area contributed by atoms with Gasteiger partial charge >= 0.3 is 0 Å². The second kappa shape index (κ2) is 7.27. The van der Waals surface area contributed by atoms with Gasteiger partial charge in [0.1, 0.15) is 0 Å². The van der Waals surface area contributed by atoms with Gasteiger partial charge in [-0.05, 0) is 37.6 Å². The number of carbonyl (C=O) groups is 1. The van der Waals surface area contributed by atoms with E-state index >= 15 is 0 Å². The van der Waals surface area contributed by atoms with Gasteiger partial charge < -0.3 is 10.6 Å². The molecule has 3 nitrogen and oxygen atoms in total. The van der Waals surface area contributed by atoms with Gasteiger partial charge in [-0.25, -0.2) is 0 Å². The van der Waals surface area contributed by atoms with Gasteiger partial charge in [-0.2, -0.15) is 0 Å². The van der Waals surface area contributed by atoms with Crippen LogP contribution >= 0.6 is 15.9 Å². The van der Waals surface area contributed by atoms with Gasteiger partial charge in [0.05, 0.1) is 5.56 Å². The number of benzene rings is 2. The maximum absolute atomic E-state index is 12.4. The van der Waals surface area contributed by atoms with Crippen LogP contribution < -0.4 is 10.6 Å². The molecule has 0 heterocycles. The Morgan fingerprint density at radius 2 is 1.76 bits per heavy atom. The van der Waals surface area contributed by atoms with Crippen LogP contribution in [-0.4, -0.2) is 11.9 Å². The zero-order valence-corrected chi connectivity index (χ0v) is 13.8. The van der Waals surface area contributed by atoms with E-state index in [0.29, 0.717) is 12.1 Å². The van der Waals surface area contributed by atoms with Crippen LogP contribution in [0.2, 0.25) is 0 Å². The first-order chi connectivity index (χ1) is 10.1. The predicted octanol–water partition coefficient (Wildman–Crippen LogP) is 4.20. The fourth-order valence-electron chi connectivity index (χ4n) is 2.03. The molecule has 0 fully saturated rings. The van der Waals surface area contributed by atoms with Crippen LogP contribution in [-0.2, 0) is 6.54 Å². The number of halogens is 1. The molecule has 0 aliphatic heterocycles. The number of rotatable bonds is 5. The van der Waals surface area contributed by atoms with Crippen molar-refractivity contribution in [3.05, 3.63) is 64.1 Å². The van der Waals surface area contributed by atoms with E-state index in [1.807, 2.05) is 48.5 Å². The van der Waals surface area contributed by atoms with Gasteiger partial charge in [-0.15, -0.1) is 0 Å². The number of nitrogens with one attached hydrogen (secondary N) is 2. The summed E-state index contributed by atoms with van der Waals surface area (Å²) in [7, 11) is 0. The van der Waals surface area contributed by atoms with E-state index in [9.17, 15) is 4.79 Å². The molecule has 21 heavy (non-hydrogen) atoms. The van der Waals surface area contributed by atoms with E-state index in [1.165, 1.54) is 0 Å². The van der Waals surface area contributed by atoms with Crippen LogP contribution in [0.1, 0.15) is 29.8 Å². The fourth-order valence-corrected chi connectivity index (χ4v) is 2.46. The molecule has 0 aliphatic carbocycles. The largest absolute Gasteiger partial charge is 0.382 e. The Morgan fingerprint density at radius 1 is 1.10 bits per heavy atom. The molecule has 0 bridgehead atoms. The van der Waals surface area contributed by atoms with Crippen molar-refractivity contribution in [2.75, 3.05) is 5.32 Å². The minimum atomic E-state index is -0.0745. The number of hydrogen-bond acceptors (Lipinski definition) is 2. The third kappa shape index (κ3) is 4.33. The zero-order chi connectivity index (χ0) is 15.2. The van der Waals surface area contributed by atoms with Gasteiger partial charge in [-0.3, -0.25) is 4.79 Å². The number of anilines is 1. The second-order valence-electron chi connectivity index (χ2n) is 5.12. The highest BCUT2D eigenvalue weighted by atomic mass is 79.9. The van der Waals surface area contributed by atoms with Crippen molar-refractivity contribution in [2.45, 2.75) is 26.4 Å². The van der Waals surface area contributed by atoms with Crippen molar-refractivity contribution < 1.29 is 4.79 Å². The highest BCUT2D eigenvalue weighted by Gasteiger charge is 2.11. The third-order valence-corrected chi connectivity index (χ3v) is 3.79. The van der Waals surface area contributed by atoms with Crippen LogP contribution in [0.4, 0.5) is 5.69 Å². The maximum Gasteiger partial charge on any atom is 0.253 e. The summed E-state index contributed by atoms with van der Waals surface area (Å²) in [4.78, 5) is 12.4. The molecule has 0 radical (unpaired) electrons. The first-order valence-corrected chi connectivity index (χ1v) is 7.74. The summed E-state index contributed by atoms with van der Waals surface area (Å²) in [5.74, 6) is -0.0745. The molecule has 0 aliphatic rings. The summed E-state index contributed by atoms with van der Waals surface area (Å²) in [5.41, 5.74) is 2.58. The Morgan fingerprint density at radius 3 is 2.48 bits per heavy atom. The fraction of sp³-hybridized carbons (Fsp3) is 0.235. The van der Waals surface area contributed by atoms with E-state index in [-0.39, 0.29) is 11.9 Å². The topological polar surface area (TPSA) is 41.1 Å². The van der Waals surface area contributed by atoms with Crippen molar-refractivity contribution in [1.29, 1.82) is 0 Å². The van der Waals surface area contributed by atoms with Crippen LogP contribution in [0.25, 0.3) is 0 Å². The van der Waals surface area contributed by atoms with Crippen LogP contribution in [0.5, 0.6) is 0 Å². The number of para-hydroxylation sites is 1. The molecule has 2 aromatic rings. The lowest BCUT2D eigenvalue weighted by Crippen LogP contribution is -2.25. The molecule has 2 aromatic carbocycles. The molecule has 2 rings (SSSR count). The standard InChI is InChI=1S/C17H19BrN2O/c1-12(2)20-16-10-6-4-8-14(16)17(21)19-11-13-7-3-5-9-15(13)18/h3-10,12,20H,11H2,1-2H3,(H,19,21). The minimum absolute atomic E-state index is 0.0745. The molecule has 0 aromatic heterocycles. The van der Waals surface area contributed by atoms with Crippen molar-refractivity contribution in [2.24, 2.45) is 0 Å². The SMILES string of the molecule is CC(C)Nc1ccccc1C(=O)NCc1ccccc1Br. The van der Waals surface area contributed by atoms with E-state index in [1.54, 1.807) is 0 Å². The molecule has 0 atom stereocenters. The summed E-state index contributed by atoms with van der Waals surface area (Å²) in [6, 6.07) is 15.7. The Balaban J connectivity index is 2.09. The maximum atomic E-state index is 12.4. The normalized spacial score (nSPS) is 10.5. The molecule has 2 N–H and O–H groups in total. The van der Waals surface area contributed by atoms with E-state index < -0.39 is 0 Å². The molecular formula is C17H19BrN2O. The van der Waals surface area contributed by atoms with E-state index in [4.69, 9.17) is 0 Å². The Hall–Kier alpha value is -1.81. The molecule has 0 saturated heterocycles. The van der Waals surface area contributed by atoms with Crippen LogP contribution in [0.15, 0.2) is 53.0 Å². The molecular weight excluding hydrogens is 328 g/mol. The Labute approximate surface area is 133 Å². The number of carbonyl (C=O) groups excluding carboxylic acids is 1. The summed E-state index contributed by atoms with van der Waals surface area (Å²) >= 11 is 3.49. The van der Waals surface area contributed by atoms with Gasteiger partial charge in [-0.1, -0.05) is 46.3 Å². The lowest BCUT2D eigenvalue weighted by atomic mass is 10.1. The lowest BCUT2D eigenvalue weighted by Gasteiger charge is -2.14. The van der Waals surface area contributed by atoms with Gasteiger partial charge in [0.2, 0.25) is 0 Å². The second-order valence-corrected chi connectivity index (χ2v) is 5.97. The number of amides is 1. The number of hydrogen-bond donors (Lipinski definition) is 2. The average Bonchev–Trinajstić information content (AvgIpc) is 2.46. The van der Waals surface area contributed by atoms with Crippen LogP contribution in [0, 0.1) is 0 Å². The van der Waals surface area contributed by atoms with Crippen LogP contribution in [0.3, 0.4) is 0 Å². The highest BCUT2D eigenvalue weighted by Crippen LogP contribution is 2.18. The third-order valence-electron chi connectivity index (χ3n) is 3.01. The van der Waals surface area contributed by atoms with Gasteiger partial charge in [0.25, 0.3) is 5.91 Å².